The second-order valence-electron chi connectivity index (χ2n) is 5.95. The maximum absolute atomic E-state index is 12.3. The number of carbonyl (C=O) groups excluding carboxylic acids is 2. The highest BCUT2D eigenvalue weighted by Gasteiger charge is 2.26. The summed E-state index contributed by atoms with van der Waals surface area (Å²) in [6.45, 7) is 5.57. The third-order valence-corrected chi connectivity index (χ3v) is 2.87. The molecule has 0 bridgehead atoms. The minimum Gasteiger partial charge on any atom is -0.456 e. The summed E-state index contributed by atoms with van der Waals surface area (Å²) in [5.74, 6) is -0.778. The van der Waals surface area contributed by atoms with Crippen LogP contribution in [0.4, 0.5) is 0 Å². The molecular weight excluding hydrogens is 387 g/mol. The lowest BCUT2D eigenvalue weighted by molar-refractivity contribution is -0.147. The predicted octanol–water partition coefficient (Wildman–Crippen LogP) is 4.01. The zero-order valence-electron chi connectivity index (χ0n) is 13.9. The van der Waals surface area contributed by atoms with Crippen LogP contribution >= 0.6 is 34.8 Å². The summed E-state index contributed by atoms with van der Waals surface area (Å²) in [6.07, 6.45) is 1.61. The van der Waals surface area contributed by atoms with Gasteiger partial charge in [0.05, 0.1) is 17.2 Å². The van der Waals surface area contributed by atoms with Crippen molar-refractivity contribution in [2.24, 2.45) is 0 Å². The van der Waals surface area contributed by atoms with Crippen LogP contribution in [0.3, 0.4) is 0 Å². The van der Waals surface area contributed by atoms with Gasteiger partial charge in [-0.05, 0) is 39.0 Å². The first-order valence-electron chi connectivity index (χ1n) is 7.23. The lowest BCUT2D eigenvalue weighted by Crippen LogP contribution is -2.24. The maximum Gasteiger partial charge on any atom is 0.339 e. The number of esters is 1. The van der Waals surface area contributed by atoms with Crippen LogP contribution in [0.25, 0.3) is 5.57 Å². The molecule has 0 atom stereocenters. The minimum absolute atomic E-state index is 0.240. The first kappa shape index (κ1) is 21.3. The normalized spacial score (nSPS) is 13.4. The lowest BCUT2D eigenvalue weighted by atomic mass is 9.97. The Balaban J connectivity index is 0.000000705. The number of carbonyl (C=O) groups is 2. The van der Waals surface area contributed by atoms with Crippen LogP contribution in [0, 0.1) is 11.3 Å². The molecule has 0 fully saturated rings. The Kier molecular flexibility index (Phi) is 7.75. The molecule has 1 heterocycles. The molecule has 1 N–H and O–H groups in total. The number of benzene rings is 1. The van der Waals surface area contributed by atoms with Crippen LogP contribution in [0.15, 0.2) is 24.3 Å². The van der Waals surface area contributed by atoms with Crippen LogP contribution in [-0.2, 0) is 9.53 Å². The zero-order valence-corrected chi connectivity index (χ0v) is 16.2. The molecule has 0 aromatic heterocycles. The van der Waals surface area contributed by atoms with E-state index in [0.717, 1.165) is 0 Å². The van der Waals surface area contributed by atoms with Crippen molar-refractivity contribution in [1.82, 2.24) is 5.32 Å². The van der Waals surface area contributed by atoms with Gasteiger partial charge < -0.3 is 10.1 Å². The summed E-state index contributed by atoms with van der Waals surface area (Å²) in [5, 5.41) is 11.7. The average Bonchev–Trinajstić information content (AvgIpc) is 2.64. The van der Waals surface area contributed by atoms with Gasteiger partial charge in [-0.25, -0.2) is 4.79 Å². The van der Waals surface area contributed by atoms with Gasteiger partial charge in [0.15, 0.2) is 4.30 Å². The molecule has 0 aliphatic carbocycles. The summed E-state index contributed by atoms with van der Waals surface area (Å²) in [4.78, 5) is 24.3. The third-order valence-electron chi connectivity index (χ3n) is 2.87. The molecule has 25 heavy (non-hydrogen) atoms. The number of nitrogens with one attached hydrogen (secondary N) is 1. The number of nitrogens with zero attached hydrogens (tertiary/aromatic N) is 1. The van der Waals surface area contributed by atoms with Crippen molar-refractivity contribution < 1.29 is 14.3 Å². The Morgan fingerprint density at radius 1 is 1.28 bits per heavy atom. The maximum atomic E-state index is 12.3. The van der Waals surface area contributed by atoms with E-state index < -0.39 is 15.9 Å². The number of alkyl halides is 3. The lowest BCUT2D eigenvalue weighted by Gasteiger charge is -2.21. The Bertz CT molecular complexity index is 729. The van der Waals surface area contributed by atoms with E-state index in [0.29, 0.717) is 22.3 Å². The Morgan fingerprint density at radius 3 is 2.40 bits per heavy atom. The average molecular weight is 404 g/mol. The molecule has 2 rings (SSSR count). The van der Waals surface area contributed by atoms with Gasteiger partial charge in [0.2, 0.25) is 0 Å². The fourth-order valence-electron chi connectivity index (χ4n) is 2.01. The van der Waals surface area contributed by atoms with Crippen molar-refractivity contribution in [2.75, 3.05) is 6.54 Å². The fourth-order valence-corrected chi connectivity index (χ4v) is 2.01. The van der Waals surface area contributed by atoms with Crippen LogP contribution < -0.4 is 5.32 Å². The van der Waals surface area contributed by atoms with Gasteiger partial charge in [-0.3, -0.25) is 4.79 Å². The van der Waals surface area contributed by atoms with Gasteiger partial charge in [0.25, 0.3) is 5.91 Å². The molecule has 134 valence electrons. The number of nitriles is 1. The highest BCUT2D eigenvalue weighted by atomic mass is 35.6. The number of fused-ring (bicyclic) bond motifs is 1. The van der Waals surface area contributed by atoms with E-state index in [1.54, 1.807) is 39.0 Å². The molecule has 0 saturated heterocycles. The van der Waals surface area contributed by atoms with Crippen molar-refractivity contribution in [2.45, 2.75) is 30.7 Å². The number of ether oxygens (including phenoxy) is 1. The molecule has 1 amide bonds. The fraction of sp³-hybridized carbons (Fsp3) is 0.353. The Hall–Kier alpha value is -1.74. The molecule has 0 radical (unpaired) electrons. The van der Waals surface area contributed by atoms with Crippen molar-refractivity contribution in [1.29, 1.82) is 5.26 Å². The van der Waals surface area contributed by atoms with Gasteiger partial charge >= 0.3 is 5.97 Å². The topological polar surface area (TPSA) is 79.2 Å². The molecule has 1 aliphatic rings. The van der Waals surface area contributed by atoms with E-state index in [1.807, 2.05) is 6.07 Å². The molecular formula is C17H17Cl3N2O3. The van der Waals surface area contributed by atoms with Crippen molar-refractivity contribution in [3.63, 3.8) is 0 Å². The number of rotatable bonds is 1. The van der Waals surface area contributed by atoms with E-state index in [1.165, 1.54) is 6.07 Å². The van der Waals surface area contributed by atoms with E-state index >= 15 is 0 Å². The molecule has 1 aliphatic heterocycles. The highest BCUT2D eigenvalue weighted by molar-refractivity contribution is 6.63. The molecule has 1 aromatic carbocycles. The number of halogens is 3. The monoisotopic (exact) mass is 402 g/mol. The second kappa shape index (κ2) is 9.10. The van der Waals surface area contributed by atoms with E-state index in [4.69, 9.17) is 44.8 Å². The smallest absolute Gasteiger partial charge is 0.339 e. The molecule has 5 nitrogen and oxygen atoms in total. The quantitative estimate of drug-likeness (QED) is 0.567. The largest absolute Gasteiger partial charge is 0.456 e. The SMILES string of the molecule is CC(C)(C)OC(=O)C1=CCNC(=O)c2ccc(C#N)cc21.ClC(Cl)Cl. The molecule has 0 unspecified atom stereocenters. The number of hydrogen-bond acceptors (Lipinski definition) is 4. The van der Waals surface area contributed by atoms with Crippen LogP contribution in [0.5, 0.6) is 0 Å². The second-order valence-corrected chi connectivity index (χ2v) is 7.93. The van der Waals surface area contributed by atoms with Crippen LogP contribution in [-0.4, -0.2) is 28.3 Å². The summed E-state index contributed by atoms with van der Waals surface area (Å²) in [7, 11) is 0. The van der Waals surface area contributed by atoms with Crippen molar-refractivity contribution in [3.05, 3.63) is 41.0 Å². The summed E-state index contributed by atoms with van der Waals surface area (Å²) >= 11 is 14.4. The molecule has 8 heteroatoms. The number of amides is 1. The Labute approximate surface area is 161 Å². The predicted molar refractivity (Wildman–Crippen MR) is 98.7 cm³/mol. The first-order valence-corrected chi connectivity index (χ1v) is 8.54. The zero-order chi connectivity index (χ0) is 19.2. The van der Waals surface area contributed by atoms with Crippen LogP contribution in [0.2, 0.25) is 0 Å². The molecule has 1 aromatic rings. The van der Waals surface area contributed by atoms with Gasteiger partial charge in [0.1, 0.15) is 5.60 Å². The van der Waals surface area contributed by atoms with E-state index in [-0.39, 0.29) is 12.5 Å². The highest BCUT2D eigenvalue weighted by Crippen LogP contribution is 2.25. The van der Waals surface area contributed by atoms with Crippen LogP contribution in [0.1, 0.15) is 42.3 Å². The summed E-state index contributed by atoms with van der Waals surface area (Å²) in [6, 6.07) is 6.65. The van der Waals surface area contributed by atoms with Crippen molar-refractivity contribution >= 4 is 52.3 Å². The summed E-state index contributed by atoms with van der Waals surface area (Å²) < 4.78 is 4.62. The van der Waals surface area contributed by atoms with Gasteiger partial charge in [-0.15, -0.1) is 0 Å². The van der Waals surface area contributed by atoms with Gasteiger partial charge in [0, 0.05) is 17.7 Å². The van der Waals surface area contributed by atoms with E-state index in [9.17, 15) is 9.59 Å². The molecule has 0 spiro atoms. The summed E-state index contributed by atoms with van der Waals surface area (Å²) in [5.41, 5.74) is 0.851. The minimum atomic E-state index is -0.750. The van der Waals surface area contributed by atoms with Gasteiger partial charge in [-0.1, -0.05) is 40.9 Å². The van der Waals surface area contributed by atoms with E-state index in [2.05, 4.69) is 5.32 Å². The third kappa shape index (κ3) is 6.95. The Morgan fingerprint density at radius 2 is 1.88 bits per heavy atom. The van der Waals surface area contributed by atoms with Gasteiger partial charge in [-0.2, -0.15) is 5.26 Å². The standard InChI is InChI=1S/C16H16N2O3.CHCl3/c1-16(2,3)21-15(20)12-6-7-18-14(19)11-5-4-10(9-17)8-13(11)12;2-1(3)4/h4-6,8H,7H2,1-3H3,(H,18,19);1H. The number of hydrogen-bond donors (Lipinski definition) is 1. The van der Waals surface area contributed by atoms with Crippen molar-refractivity contribution in [3.8, 4) is 6.07 Å². The first-order chi connectivity index (χ1) is 11.5. The molecule has 0 saturated carbocycles.